The number of carbonyl (C=O) groups excluding carboxylic acids is 1. The zero-order valence-electron chi connectivity index (χ0n) is 15.3. The number of hydrogen-bond donors (Lipinski definition) is 1. The fraction of sp³-hybridized carbons (Fsp3) is 0.773. The Balaban J connectivity index is 1.73. The van der Waals surface area contributed by atoms with Gasteiger partial charge in [-0.1, -0.05) is 25.2 Å². The lowest BCUT2D eigenvalue weighted by Crippen LogP contribution is -2.57. The molecule has 4 rings (SSSR count). The zero-order valence-corrected chi connectivity index (χ0v) is 15.3. The largest absolute Gasteiger partial charge is 0.377 e. The lowest BCUT2D eigenvalue weighted by molar-refractivity contribution is -0.156. The van der Waals surface area contributed by atoms with E-state index < -0.39 is 5.60 Å². The van der Waals surface area contributed by atoms with Crippen molar-refractivity contribution in [3.63, 3.8) is 0 Å². The first kappa shape index (κ1) is 16.6. The molecule has 6 atom stereocenters. The maximum absolute atomic E-state index is 12.5. The molecule has 1 N–H and O–H groups in total. The van der Waals surface area contributed by atoms with E-state index in [-0.39, 0.29) is 11.2 Å². The van der Waals surface area contributed by atoms with Crippen molar-refractivity contribution in [2.45, 2.75) is 77.2 Å². The Bertz CT molecular complexity index is 603. The molecule has 3 saturated carbocycles. The van der Waals surface area contributed by atoms with Crippen LogP contribution >= 0.6 is 0 Å². The van der Waals surface area contributed by atoms with Crippen molar-refractivity contribution in [3.05, 3.63) is 23.8 Å². The predicted molar refractivity (Wildman–Crippen MR) is 96.5 cm³/mol. The van der Waals surface area contributed by atoms with E-state index in [1.165, 1.54) is 38.5 Å². The van der Waals surface area contributed by atoms with Crippen molar-refractivity contribution in [2.24, 2.45) is 29.1 Å². The average molecular weight is 328 g/mol. The van der Waals surface area contributed by atoms with Crippen LogP contribution in [0.3, 0.4) is 0 Å². The number of ketones is 1. The van der Waals surface area contributed by atoms with Gasteiger partial charge in [-0.05, 0) is 94.0 Å². The molecule has 132 valence electrons. The van der Waals surface area contributed by atoms with E-state index in [4.69, 9.17) is 0 Å². The van der Waals surface area contributed by atoms with Crippen LogP contribution in [0.4, 0.5) is 0 Å². The summed E-state index contributed by atoms with van der Waals surface area (Å²) in [7, 11) is 0. The molecular weight excluding hydrogens is 296 g/mol. The Morgan fingerprint density at radius 3 is 2.83 bits per heavy atom. The molecule has 4 aliphatic rings. The van der Waals surface area contributed by atoms with E-state index in [1.54, 1.807) is 12.5 Å². The van der Waals surface area contributed by atoms with Crippen molar-refractivity contribution < 1.29 is 9.90 Å². The number of allylic oxidation sites excluding steroid dienone is 2. The molecule has 0 aromatic rings. The Morgan fingerprint density at radius 2 is 2.12 bits per heavy atom. The number of hydrogen-bond acceptors (Lipinski definition) is 2. The second-order valence-electron chi connectivity index (χ2n) is 8.91. The van der Waals surface area contributed by atoms with Gasteiger partial charge in [-0.3, -0.25) is 4.79 Å². The van der Waals surface area contributed by atoms with Gasteiger partial charge in [-0.2, -0.15) is 0 Å². The standard InChI is InChI=1S/C22H32O2/c1-4-21-12-11-18-17-8-6-5-7-16(17)9-10-19(18)20(21)13-14(2)22(21,24)15(3)23/h7,17-20,24H,2,4-6,8-13H2,1,3H3/t17-,18+,19+,20-,21-,22+/m0/s1. The van der Waals surface area contributed by atoms with Crippen LogP contribution in [-0.4, -0.2) is 16.5 Å². The molecule has 0 aromatic heterocycles. The predicted octanol–water partition coefficient (Wildman–Crippen LogP) is 4.83. The fourth-order valence-corrected chi connectivity index (χ4v) is 7.37. The molecule has 0 spiro atoms. The Hall–Kier alpha value is -0.890. The van der Waals surface area contributed by atoms with Crippen LogP contribution in [0.5, 0.6) is 0 Å². The molecule has 0 unspecified atom stereocenters. The molecule has 3 fully saturated rings. The van der Waals surface area contributed by atoms with Gasteiger partial charge in [0.15, 0.2) is 5.78 Å². The topological polar surface area (TPSA) is 37.3 Å². The highest BCUT2D eigenvalue weighted by molar-refractivity contribution is 5.90. The molecule has 0 radical (unpaired) electrons. The van der Waals surface area contributed by atoms with Gasteiger partial charge in [-0.15, -0.1) is 0 Å². The summed E-state index contributed by atoms with van der Waals surface area (Å²) >= 11 is 0. The first-order chi connectivity index (χ1) is 11.5. The maximum Gasteiger partial charge on any atom is 0.166 e. The molecule has 2 nitrogen and oxygen atoms in total. The lowest BCUT2D eigenvalue weighted by Gasteiger charge is -2.56. The van der Waals surface area contributed by atoms with Gasteiger partial charge in [0.2, 0.25) is 0 Å². The Kier molecular flexibility index (Phi) is 3.84. The smallest absolute Gasteiger partial charge is 0.166 e. The SMILES string of the molecule is C=C1C[C@H]2[C@@H]3CCC4=CCCC[C@@H]4[C@H]3CC[C@]2(CC)[C@]1(O)C(C)=O. The average Bonchev–Trinajstić information content (AvgIpc) is 2.84. The third kappa shape index (κ3) is 1.90. The van der Waals surface area contributed by atoms with E-state index in [0.29, 0.717) is 11.8 Å². The van der Waals surface area contributed by atoms with Crippen molar-refractivity contribution in [1.29, 1.82) is 0 Å². The quantitative estimate of drug-likeness (QED) is 0.738. The Morgan fingerprint density at radius 1 is 1.33 bits per heavy atom. The van der Waals surface area contributed by atoms with Crippen LogP contribution in [0, 0.1) is 29.1 Å². The van der Waals surface area contributed by atoms with E-state index in [9.17, 15) is 9.90 Å². The molecule has 2 heteroatoms. The summed E-state index contributed by atoms with van der Waals surface area (Å²) in [6.07, 6.45) is 12.9. The first-order valence-electron chi connectivity index (χ1n) is 10.1. The normalized spacial score (nSPS) is 47.5. The van der Waals surface area contributed by atoms with Gasteiger partial charge in [0.05, 0.1) is 0 Å². The third-order valence-electron chi connectivity index (χ3n) is 8.42. The summed E-state index contributed by atoms with van der Waals surface area (Å²) in [6, 6.07) is 0. The van der Waals surface area contributed by atoms with E-state index in [2.05, 4.69) is 19.6 Å². The van der Waals surface area contributed by atoms with Gasteiger partial charge in [0, 0.05) is 5.41 Å². The van der Waals surface area contributed by atoms with Crippen LogP contribution in [0.15, 0.2) is 23.8 Å². The third-order valence-corrected chi connectivity index (χ3v) is 8.42. The number of Topliss-reactive ketones (excluding diaryl/α,β-unsaturated/α-hetero) is 1. The molecular formula is C22H32O2. The number of aliphatic hydroxyl groups is 1. The molecule has 4 aliphatic carbocycles. The summed E-state index contributed by atoms with van der Waals surface area (Å²) < 4.78 is 0. The van der Waals surface area contributed by atoms with Gasteiger partial charge in [0.1, 0.15) is 5.60 Å². The molecule has 0 amide bonds. The minimum Gasteiger partial charge on any atom is -0.377 e. The molecule has 0 aromatic carbocycles. The highest BCUT2D eigenvalue weighted by Crippen LogP contribution is 2.67. The van der Waals surface area contributed by atoms with Crippen molar-refractivity contribution in [3.8, 4) is 0 Å². The van der Waals surface area contributed by atoms with E-state index in [0.717, 1.165) is 36.7 Å². The zero-order chi connectivity index (χ0) is 17.1. The van der Waals surface area contributed by atoms with Crippen molar-refractivity contribution in [1.82, 2.24) is 0 Å². The van der Waals surface area contributed by atoms with E-state index in [1.807, 2.05) is 0 Å². The summed E-state index contributed by atoms with van der Waals surface area (Å²) in [4.78, 5) is 12.5. The monoisotopic (exact) mass is 328 g/mol. The van der Waals surface area contributed by atoms with Crippen LogP contribution in [0.25, 0.3) is 0 Å². The second-order valence-corrected chi connectivity index (χ2v) is 8.91. The van der Waals surface area contributed by atoms with E-state index >= 15 is 0 Å². The van der Waals surface area contributed by atoms with Gasteiger partial charge < -0.3 is 5.11 Å². The van der Waals surface area contributed by atoms with Crippen LogP contribution in [0.2, 0.25) is 0 Å². The molecule has 0 aliphatic heterocycles. The number of carbonyl (C=O) groups is 1. The summed E-state index contributed by atoms with van der Waals surface area (Å²) in [6.45, 7) is 7.93. The lowest BCUT2D eigenvalue weighted by atomic mass is 9.49. The molecule has 24 heavy (non-hydrogen) atoms. The van der Waals surface area contributed by atoms with Gasteiger partial charge in [-0.25, -0.2) is 0 Å². The number of fused-ring (bicyclic) bond motifs is 5. The second kappa shape index (κ2) is 5.56. The van der Waals surface area contributed by atoms with Crippen LogP contribution in [0.1, 0.15) is 71.6 Å². The van der Waals surface area contributed by atoms with Gasteiger partial charge in [0.25, 0.3) is 0 Å². The highest BCUT2D eigenvalue weighted by atomic mass is 16.3. The minimum absolute atomic E-state index is 0.0793. The summed E-state index contributed by atoms with van der Waals surface area (Å²) in [5.74, 6) is 2.60. The minimum atomic E-state index is -1.28. The summed E-state index contributed by atoms with van der Waals surface area (Å²) in [5.41, 5.74) is 0.991. The fourth-order valence-electron chi connectivity index (χ4n) is 7.37. The summed E-state index contributed by atoms with van der Waals surface area (Å²) in [5, 5.41) is 11.4. The molecule has 0 heterocycles. The highest BCUT2D eigenvalue weighted by Gasteiger charge is 2.67. The number of rotatable bonds is 2. The van der Waals surface area contributed by atoms with Crippen molar-refractivity contribution in [2.75, 3.05) is 0 Å². The first-order valence-corrected chi connectivity index (χ1v) is 10.1. The molecule has 0 bridgehead atoms. The van der Waals surface area contributed by atoms with Crippen LogP contribution in [-0.2, 0) is 4.79 Å². The Labute approximate surface area is 146 Å². The van der Waals surface area contributed by atoms with Crippen molar-refractivity contribution >= 4 is 5.78 Å². The molecule has 0 saturated heterocycles. The van der Waals surface area contributed by atoms with Gasteiger partial charge >= 0.3 is 0 Å². The van der Waals surface area contributed by atoms with Crippen LogP contribution < -0.4 is 0 Å². The maximum atomic E-state index is 12.5.